The molecule has 0 spiro atoms. The zero-order valence-electron chi connectivity index (χ0n) is 20.3. The van der Waals surface area contributed by atoms with Crippen LogP contribution in [0.15, 0.2) is 66.7 Å². The summed E-state index contributed by atoms with van der Waals surface area (Å²) < 4.78 is 23.3. The minimum atomic E-state index is -0.0933. The van der Waals surface area contributed by atoms with Crippen LogP contribution in [0.2, 0.25) is 5.02 Å². The average molecular weight is 495 g/mol. The molecule has 4 rings (SSSR count). The summed E-state index contributed by atoms with van der Waals surface area (Å²) in [6.07, 6.45) is 1.46. The van der Waals surface area contributed by atoms with Crippen molar-refractivity contribution in [2.45, 2.75) is 45.6 Å². The van der Waals surface area contributed by atoms with Crippen LogP contribution in [0.5, 0.6) is 23.0 Å². The molecular formula is C29H31ClO5. The highest BCUT2D eigenvalue weighted by molar-refractivity contribution is 6.30. The predicted molar refractivity (Wildman–Crippen MR) is 137 cm³/mol. The molecule has 1 aliphatic carbocycles. The Hall–Kier alpha value is -3.18. The Morgan fingerprint density at radius 1 is 1.03 bits per heavy atom. The molecule has 1 aliphatic rings. The number of hydrogen-bond donors (Lipinski definition) is 0. The lowest BCUT2D eigenvalue weighted by molar-refractivity contribution is -0.144. The van der Waals surface area contributed by atoms with Gasteiger partial charge in [-0.1, -0.05) is 35.9 Å². The van der Waals surface area contributed by atoms with E-state index in [0.29, 0.717) is 41.9 Å². The van der Waals surface area contributed by atoms with Crippen LogP contribution in [-0.2, 0) is 9.53 Å². The third kappa shape index (κ3) is 6.70. The van der Waals surface area contributed by atoms with Crippen molar-refractivity contribution in [3.8, 4) is 23.0 Å². The van der Waals surface area contributed by atoms with Gasteiger partial charge in [0.2, 0.25) is 0 Å². The first kappa shape index (κ1) is 24.9. The number of carbonyl (C=O) groups is 1. The summed E-state index contributed by atoms with van der Waals surface area (Å²) in [6.45, 7) is 6.84. The first-order valence-electron chi connectivity index (χ1n) is 12.0. The molecule has 184 valence electrons. The lowest BCUT2D eigenvalue weighted by atomic mass is 10.0. The largest absolute Gasteiger partial charge is 0.493 e. The Kier molecular flexibility index (Phi) is 8.19. The smallest absolute Gasteiger partial charge is 0.309 e. The van der Waals surface area contributed by atoms with E-state index in [1.165, 1.54) is 5.56 Å². The van der Waals surface area contributed by atoms with Gasteiger partial charge in [0.05, 0.1) is 25.2 Å². The first-order chi connectivity index (χ1) is 16.9. The van der Waals surface area contributed by atoms with Gasteiger partial charge in [-0.25, -0.2) is 0 Å². The molecule has 1 saturated carbocycles. The number of carbonyl (C=O) groups excluding carboxylic acids is 1. The summed E-state index contributed by atoms with van der Waals surface area (Å²) in [5.41, 5.74) is 2.33. The van der Waals surface area contributed by atoms with Gasteiger partial charge in [0, 0.05) is 17.5 Å². The van der Waals surface area contributed by atoms with Crippen molar-refractivity contribution >= 4 is 17.6 Å². The van der Waals surface area contributed by atoms with Gasteiger partial charge in [-0.15, -0.1) is 0 Å². The Balaban J connectivity index is 1.29. The van der Waals surface area contributed by atoms with Gasteiger partial charge in [-0.3, -0.25) is 4.79 Å². The average Bonchev–Trinajstić information content (AvgIpc) is 3.63. The number of ether oxygens (including phenoxy) is 4. The topological polar surface area (TPSA) is 54.0 Å². The number of para-hydroxylation sites is 1. The standard InChI is InChI=1S/C29H31ClO5/c1-4-32-29(31)26-18-25(26)24-12-11-23(16-19(24)2)33-15-14-20(3)34-27-13-10-21(30)17-28(27)35-22-8-6-5-7-9-22/h5-13,16-17,20,25-26H,4,14-15,18H2,1-3H3/t20-,25?,26?/m1/s1. The van der Waals surface area contributed by atoms with Crippen LogP contribution < -0.4 is 14.2 Å². The molecule has 0 heterocycles. The van der Waals surface area contributed by atoms with E-state index in [0.717, 1.165) is 17.7 Å². The normalized spacial score (nSPS) is 17.4. The number of aryl methyl sites for hydroxylation is 1. The van der Waals surface area contributed by atoms with Gasteiger partial charge in [-0.05, 0) is 80.6 Å². The van der Waals surface area contributed by atoms with E-state index in [1.807, 2.05) is 62.4 Å². The lowest BCUT2D eigenvalue weighted by Gasteiger charge is -2.18. The van der Waals surface area contributed by atoms with Gasteiger partial charge >= 0.3 is 5.97 Å². The second-order valence-corrected chi connectivity index (χ2v) is 9.23. The molecule has 35 heavy (non-hydrogen) atoms. The number of rotatable bonds is 11. The van der Waals surface area contributed by atoms with Crippen LogP contribution in [0.1, 0.15) is 43.7 Å². The second kappa shape index (κ2) is 11.5. The molecule has 2 unspecified atom stereocenters. The van der Waals surface area contributed by atoms with Crippen LogP contribution in [0.4, 0.5) is 0 Å². The molecule has 0 aliphatic heterocycles. The second-order valence-electron chi connectivity index (χ2n) is 8.79. The molecular weight excluding hydrogens is 464 g/mol. The highest BCUT2D eigenvalue weighted by Gasteiger charge is 2.45. The maximum atomic E-state index is 12.0. The lowest BCUT2D eigenvalue weighted by Crippen LogP contribution is -2.16. The highest BCUT2D eigenvalue weighted by atomic mass is 35.5. The fraction of sp³-hybridized carbons (Fsp3) is 0.345. The summed E-state index contributed by atoms with van der Waals surface area (Å²) in [6, 6.07) is 21.0. The minimum absolute atomic E-state index is 0.0120. The van der Waals surface area contributed by atoms with E-state index in [4.69, 9.17) is 30.5 Å². The van der Waals surface area contributed by atoms with Crippen LogP contribution in [-0.4, -0.2) is 25.3 Å². The summed E-state index contributed by atoms with van der Waals surface area (Å²) in [7, 11) is 0. The summed E-state index contributed by atoms with van der Waals surface area (Å²) in [4.78, 5) is 12.0. The van der Waals surface area contributed by atoms with Crippen molar-refractivity contribution in [1.82, 2.24) is 0 Å². The van der Waals surface area contributed by atoms with E-state index in [9.17, 15) is 4.79 Å². The van der Waals surface area contributed by atoms with Crippen molar-refractivity contribution in [2.75, 3.05) is 13.2 Å². The molecule has 0 N–H and O–H groups in total. The van der Waals surface area contributed by atoms with Crippen LogP contribution in [0.25, 0.3) is 0 Å². The quantitative estimate of drug-likeness (QED) is 0.261. The molecule has 3 atom stereocenters. The Labute approximate surface area is 211 Å². The Morgan fingerprint density at radius 2 is 1.83 bits per heavy atom. The SMILES string of the molecule is CCOC(=O)C1CC1c1ccc(OCC[C@@H](C)Oc2ccc(Cl)cc2Oc2ccccc2)cc1C. The fourth-order valence-corrected chi connectivity index (χ4v) is 4.26. The summed E-state index contributed by atoms with van der Waals surface area (Å²) >= 11 is 6.18. The predicted octanol–water partition coefficient (Wildman–Crippen LogP) is 7.34. The summed E-state index contributed by atoms with van der Waals surface area (Å²) in [5.74, 6) is 2.88. The molecule has 0 aromatic heterocycles. The van der Waals surface area contributed by atoms with Crippen molar-refractivity contribution in [3.63, 3.8) is 0 Å². The zero-order chi connectivity index (χ0) is 24.8. The summed E-state index contributed by atoms with van der Waals surface area (Å²) in [5, 5.41) is 0.581. The maximum Gasteiger partial charge on any atom is 0.309 e. The molecule has 0 radical (unpaired) electrons. The fourth-order valence-electron chi connectivity index (χ4n) is 4.10. The third-order valence-electron chi connectivity index (χ3n) is 6.02. The third-order valence-corrected chi connectivity index (χ3v) is 6.25. The van der Waals surface area contributed by atoms with Gasteiger partial charge in [0.25, 0.3) is 0 Å². The molecule has 3 aromatic carbocycles. The van der Waals surface area contributed by atoms with Crippen molar-refractivity contribution < 1.29 is 23.7 Å². The molecule has 0 bridgehead atoms. The van der Waals surface area contributed by atoms with E-state index in [1.54, 1.807) is 12.1 Å². The highest BCUT2D eigenvalue weighted by Crippen LogP contribution is 2.49. The maximum absolute atomic E-state index is 12.0. The van der Waals surface area contributed by atoms with Crippen molar-refractivity contribution in [2.24, 2.45) is 5.92 Å². The van der Waals surface area contributed by atoms with E-state index >= 15 is 0 Å². The Bertz CT molecular complexity index is 1150. The van der Waals surface area contributed by atoms with Gasteiger partial charge in [-0.2, -0.15) is 0 Å². The van der Waals surface area contributed by atoms with Gasteiger partial charge in [0.15, 0.2) is 11.5 Å². The first-order valence-corrected chi connectivity index (χ1v) is 12.4. The molecule has 1 fully saturated rings. The molecule has 6 heteroatoms. The van der Waals surface area contributed by atoms with Crippen molar-refractivity contribution in [1.29, 1.82) is 0 Å². The molecule has 0 saturated heterocycles. The van der Waals surface area contributed by atoms with Crippen LogP contribution in [0, 0.1) is 12.8 Å². The zero-order valence-corrected chi connectivity index (χ0v) is 21.1. The van der Waals surface area contributed by atoms with Gasteiger partial charge in [0.1, 0.15) is 11.5 Å². The molecule has 3 aromatic rings. The minimum Gasteiger partial charge on any atom is -0.493 e. The van der Waals surface area contributed by atoms with E-state index in [-0.39, 0.29) is 23.9 Å². The molecule has 5 nitrogen and oxygen atoms in total. The number of esters is 1. The van der Waals surface area contributed by atoms with E-state index < -0.39 is 0 Å². The number of benzene rings is 3. The number of halogens is 1. The number of hydrogen-bond acceptors (Lipinski definition) is 5. The van der Waals surface area contributed by atoms with Crippen molar-refractivity contribution in [3.05, 3.63) is 82.9 Å². The van der Waals surface area contributed by atoms with Crippen LogP contribution in [0.3, 0.4) is 0 Å². The van der Waals surface area contributed by atoms with Gasteiger partial charge < -0.3 is 18.9 Å². The van der Waals surface area contributed by atoms with E-state index in [2.05, 4.69) is 13.0 Å². The van der Waals surface area contributed by atoms with Crippen LogP contribution >= 0.6 is 11.6 Å². The monoisotopic (exact) mass is 494 g/mol. The Morgan fingerprint density at radius 3 is 2.57 bits per heavy atom. The molecule has 0 amide bonds.